The number of sulfonamides is 1. The summed E-state index contributed by atoms with van der Waals surface area (Å²) in [5.41, 5.74) is 1.55. The van der Waals surface area contributed by atoms with E-state index >= 15 is 0 Å². The van der Waals surface area contributed by atoms with Crippen LogP contribution >= 0.6 is 0 Å². The summed E-state index contributed by atoms with van der Waals surface area (Å²) in [6.45, 7) is 3.01. The number of amides is 1. The lowest BCUT2D eigenvalue weighted by atomic mass is 10.1. The van der Waals surface area contributed by atoms with Gasteiger partial charge in [-0.05, 0) is 48.4 Å². The molecule has 3 aromatic rings. The lowest BCUT2D eigenvalue weighted by molar-refractivity contribution is -0.119. The fraction of sp³-hybridized carbons (Fsp3) is 0.296. The number of benzene rings is 3. The Balaban J connectivity index is 1.43. The Morgan fingerprint density at radius 3 is 2.42 bits per heavy atom. The molecule has 1 heterocycles. The van der Waals surface area contributed by atoms with E-state index in [1.54, 1.807) is 36.4 Å². The molecule has 190 valence electrons. The highest BCUT2D eigenvalue weighted by atomic mass is 32.2. The van der Waals surface area contributed by atoms with Crippen LogP contribution in [0.15, 0.2) is 77.7 Å². The fourth-order valence-corrected chi connectivity index (χ4v) is 5.24. The number of nitrogens with zero attached hydrogens (tertiary/aromatic N) is 1. The van der Waals surface area contributed by atoms with E-state index in [2.05, 4.69) is 12.2 Å². The van der Waals surface area contributed by atoms with Crippen LogP contribution in [0.1, 0.15) is 18.9 Å². The van der Waals surface area contributed by atoms with E-state index in [0.29, 0.717) is 36.1 Å². The number of nitrogens with one attached hydrogen (secondary N) is 1. The molecule has 0 aromatic heterocycles. The number of ether oxygens (including phenoxy) is 3. The summed E-state index contributed by atoms with van der Waals surface area (Å²) in [5.74, 6) is 1.23. The van der Waals surface area contributed by atoms with Gasteiger partial charge in [-0.25, -0.2) is 8.42 Å². The van der Waals surface area contributed by atoms with Gasteiger partial charge < -0.3 is 19.5 Å². The van der Waals surface area contributed by atoms with Gasteiger partial charge in [0.25, 0.3) is 10.0 Å². The summed E-state index contributed by atoms with van der Waals surface area (Å²) in [4.78, 5) is 12.9. The summed E-state index contributed by atoms with van der Waals surface area (Å²) >= 11 is 0. The van der Waals surface area contributed by atoms with Crippen molar-refractivity contribution < 1.29 is 27.4 Å². The van der Waals surface area contributed by atoms with Gasteiger partial charge in [0.2, 0.25) is 5.91 Å². The maximum atomic E-state index is 13.5. The number of fused-ring (bicyclic) bond motifs is 1. The van der Waals surface area contributed by atoms with Gasteiger partial charge in [0, 0.05) is 6.07 Å². The summed E-state index contributed by atoms with van der Waals surface area (Å²) in [5, 5.41) is 2.74. The first-order valence-corrected chi connectivity index (χ1v) is 13.4. The van der Waals surface area contributed by atoms with Gasteiger partial charge in [0.05, 0.1) is 17.1 Å². The predicted molar refractivity (Wildman–Crippen MR) is 137 cm³/mol. The van der Waals surface area contributed by atoms with Crippen LogP contribution in [-0.2, 0) is 21.2 Å². The number of carbonyl (C=O) groups is 1. The van der Waals surface area contributed by atoms with Gasteiger partial charge in [0.15, 0.2) is 11.5 Å². The lowest BCUT2D eigenvalue weighted by Gasteiger charge is -2.26. The molecule has 0 saturated heterocycles. The minimum atomic E-state index is -4.01. The second-order valence-corrected chi connectivity index (χ2v) is 10.1. The minimum absolute atomic E-state index is 0.0857. The molecule has 1 aliphatic rings. The van der Waals surface area contributed by atoms with Gasteiger partial charge >= 0.3 is 0 Å². The maximum Gasteiger partial charge on any atom is 0.264 e. The second-order valence-electron chi connectivity index (χ2n) is 8.25. The van der Waals surface area contributed by atoms with Crippen LogP contribution in [0.2, 0.25) is 0 Å². The first-order chi connectivity index (χ1) is 17.5. The zero-order valence-corrected chi connectivity index (χ0v) is 21.0. The molecule has 1 amide bonds. The molecule has 9 heteroatoms. The number of hydrogen-bond donors (Lipinski definition) is 1. The molecule has 0 atom stereocenters. The normalized spacial score (nSPS) is 12.6. The molecule has 3 aromatic carbocycles. The van der Waals surface area contributed by atoms with Crippen molar-refractivity contribution in [3.05, 3.63) is 78.4 Å². The van der Waals surface area contributed by atoms with E-state index in [1.165, 1.54) is 17.7 Å². The first kappa shape index (κ1) is 25.4. The van der Waals surface area contributed by atoms with Crippen LogP contribution in [0.5, 0.6) is 17.2 Å². The van der Waals surface area contributed by atoms with Crippen molar-refractivity contribution in [2.24, 2.45) is 0 Å². The van der Waals surface area contributed by atoms with Crippen molar-refractivity contribution in [3.63, 3.8) is 0 Å². The molecule has 0 aliphatic carbocycles. The number of rotatable bonds is 11. The summed E-state index contributed by atoms with van der Waals surface area (Å²) in [7, 11) is -4.01. The monoisotopic (exact) mass is 510 g/mol. The van der Waals surface area contributed by atoms with Crippen molar-refractivity contribution in [2.75, 3.05) is 37.2 Å². The highest BCUT2D eigenvalue weighted by molar-refractivity contribution is 7.92. The van der Waals surface area contributed by atoms with Crippen molar-refractivity contribution in [1.29, 1.82) is 0 Å². The largest absolute Gasteiger partial charge is 0.492 e. The second kappa shape index (κ2) is 11.8. The molecule has 8 nitrogen and oxygen atoms in total. The molecule has 0 spiro atoms. The molecular weight excluding hydrogens is 480 g/mol. The average molecular weight is 511 g/mol. The number of aryl methyl sites for hydroxylation is 1. The molecule has 1 aliphatic heterocycles. The molecule has 0 unspecified atom stereocenters. The molecule has 4 rings (SSSR count). The third kappa shape index (κ3) is 6.28. The van der Waals surface area contributed by atoms with E-state index < -0.39 is 22.5 Å². The lowest BCUT2D eigenvalue weighted by Crippen LogP contribution is -2.42. The predicted octanol–water partition coefficient (Wildman–Crippen LogP) is 3.80. The van der Waals surface area contributed by atoms with E-state index in [9.17, 15) is 13.2 Å². The number of carbonyl (C=O) groups excluding carboxylic acids is 1. The van der Waals surface area contributed by atoms with Crippen LogP contribution in [0, 0.1) is 0 Å². The molecule has 0 bridgehead atoms. The quantitative estimate of drug-likeness (QED) is 0.395. The van der Waals surface area contributed by atoms with Gasteiger partial charge in [0.1, 0.15) is 32.1 Å². The van der Waals surface area contributed by atoms with E-state index in [0.717, 1.165) is 17.1 Å². The van der Waals surface area contributed by atoms with Gasteiger partial charge in [-0.1, -0.05) is 43.7 Å². The summed E-state index contributed by atoms with van der Waals surface area (Å²) < 4.78 is 44.9. The Bertz CT molecular complexity index is 1260. The smallest absolute Gasteiger partial charge is 0.264 e. The Morgan fingerprint density at radius 2 is 1.69 bits per heavy atom. The average Bonchev–Trinajstić information content (AvgIpc) is 2.91. The highest BCUT2D eigenvalue weighted by Crippen LogP contribution is 2.35. The number of hydrogen-bond acceptors (Lipinski definition) is 6. The van der Waals surface area contributed by atoms with Crippen LogP contribution in [-0.4, -0.2) is 47.2 Å². The summed E-state index contributed by atoms with van der Waals surface area (Å²) in [6.07, 6.45) is 2.09. The standard InChI is InChI=1S/C27H30N2O6S/c1-2-6-21-9-12-23(13-10-21)33-16-15-28-27(30)20-29(36(31,32)24-7-4-3-5-8-24)22-11-14-25-26(19-22)35-18-17-34-25/h3-5,7-14,19H,2,6,15-18,20H2,1H3,(H,28,30). The van der Waals surface area contributed by atoms with Crippen molar-refractivity contribution in [1.82, 2.24) is 5.32 Å². The maximum absolute atomic E-state index is 13.5. The van der Waals surface area contributed by atoms with Crippen LogP contribution in [0.4, 0.5) is 5.69 Å². The highest BCUT2D eigenvalue weighted by Gasteiger charge is 2.28. The Kier molecular flexibility index (Phi) is 8.32. The third-order valence-electron chi connectivity index (χ3n) is 5.59. The fourth-order valence-electron chi connectivity index (χ4n) is 3.81. The van der Waals surface area contributed by atoms with E-state index in [-0.39, 0.29) is 18.0 Å². The Labute approximate surface area is 211 Å². The molecule has 0 fully saturated rings. The van der Waals surface area contributed by atoms with Crippen LogP contribution in [0.25, 0.3) is 0 Å². The molecule has 1 N–H and O–H groups in total. The Hall–Kier alpha value is -3.72. The van der Waals surface area contributed by atoms with Crippen molar-refractivity contribution in [2.45, 2.75) is 24.7 Å². The van der Waals surface area contributed by atoms with Gasteiger partial charge in [-0.3, -0.25) is 9.10 Å². The number of anilines is 1. The Morgan fingerprint density at radius 1 is 0.972 bits per heavy atom. The zero-order chi connectivity index (χ0) is 25.4. The molecular formula is C27H30N2O6S. The molecule has 36 heavy (non-hydrogen) atoms. The van der Waals surface area contributed by atoms with Gasteiger partial charge in [-0.15, -0.1) is 0 Å². The van der Waals surface area contributed by atoms with Crippen LogP contribution in [0.3, 0.4) is 0 Å². The topological polar surface area (TPSA) is 94.2 Å². The SMILES string of the molecule is CCCc1ccc(OCCNC(=O)CN(c2ccc3c(c2)OCCO3)S(=O)(=O)c2ccccc2)cc1. The van der Waals surface area contributed by atoms with Gasteiger partial charge in [-0.2, -0.15) is 0 Å². The zero-order valence-electron chi connectivity index (χ0n) is 20.2. The third-order valence-corrected chi connectivity index (χ3v) is 7.38. The molecule has 0 saturated carbocycles. The minimum Gasteiger partial charge on any atom is -0.492 e. The van der Waals surface area contributed by atoms with Crippen molar-refractivity contribution in [3.8, 4) is 17.2 Å². The molecule has 0 radical (unpaired) electrons. The van der Waals surface area contributed by atoms with E-state index in [4.69, 9.17) is 14.2 Å². The van der Waals surface area contributed by atoms with Crippen LogP contribution < -0.4 is 23.8 Å². The summed E-state index contributed by atoms with van der Waals surface area (Å²) in [6, 6.07) is 20.7. The van der Waals surface area contributed by atoms with Crippen molar-refractivity contribution >= 4 is 21.6 Å². The first-order valence-electron chi connectivity index (χ1n) is 11.9. The van der Waals surface area contributed by atoms with E-state index in [1.807, 2.05) is 24.3 Å².